The molecule has 0 saturated carbocycles. The summed E-state index contributed by atoms with van der Waals surface area (Å²) in [6, 6.07) is 0. The van der Waals surface area contributed by atoms with Gasteiger partial charge in [0.15, 0.2) is 0 Å². The van der Waals surface area contributed by atoms with E-state index in [9.17, 15) is 4.79 Å². The van der Waals surface area contributed by atoms with Gasteiger partial charge in [0.25, 0.3) is 0 Å². The second-order valence-corrected chi connectivity index (χ2v) is 4.56. The summed E-state index contributed by atoms with van der Waals surface area (Å²) in [5.74, 6) is 0.404. The van der Waals surface area contributed by atoms with E-state index >= 15 is 0 Å². The van der Waals surface area contributed by atoms with E-state index in [0.717, 1.165) is 19.4 Å². The van der Waals surface area contributed by atoms with Crippen LogP contribution in [0.15, 0.2) is 0 Å². The van der Waals surface area contributed by atoms with Gasteiger partial charge < -0.3 is 10.4 Å². The molecule has 0 bridgehead atoms. The van der Waals surface area contributed by atoms with Gasteiger partial charge in [-0.05, 0) is 38.1 Å². The van der Waals surface area contributed by atoms with Crippen molar-refractivity contribution in [3.63, 3.8) is 0 Å². The van der Waals surface area contributed by atoms with E-state index in [1.807, 2.05) is 0 Å². The van der Waals surface area contributed by atoms with E-state index in [1.54, 1.807) is 6.92 Å². The standard InChI is InChI=1S/C10H19NO2/c1-7(2)8-4-5-11-10(3,6-8)9(12)13/h7-8,11H,4-6H2,1-3H3,(H,12,13). The van der Waals surface area contributed by atoms with E-state index < -0.39 is 11.5 Å². The number of hydrogen-bond donors (Lipinski definition) is 2. The molecule has 13 heavy (non-hydrogen) atoms. The van der Waals surface area contributed by atoms with Crippen molar-refractivity contribution < 1.29 is 9.90 Å². The molecule has 0 radical (unpaired) electrons. The third kappa shape index (κ3) is 2.21. The Balaban J connectivity index is 2.65. The van der Waals surface area contributed by atoms with E-state index in [0.29, 0.717) is 11.8 Å². The van der Waals surface area contributed by atoms with Crippen molar-refractivity contribution >= 4 is 5.97 Å². The lowest BCUT2D eigenvalue weighted by Crippen LogP contribution is -2.55. The minimum Gasteiger partial charge on any atom is -0.480 e. The Morgan fingerprint density at radius 3 is 2.69 bits per heavy atom. The molecule has 0 aromatic carbocycles. The van der Waals surface area contributed by atoms with Crippen LogP contribution in [0.1, 0.15) is 33.6 Å². The van der Waals surface area contributed by atoms with Gasteiger partial charge in [0, 0.05) is 0 Å². The van der Waals surface area contributed by atoms with Crippen LogP contribution in [-0.4, -0.2) is 23.2 Å². The number of aliphatic carboxylic acids is 1. The third-order valence-corrected chi connectivity index (χ3v) is 3.12. The van der Waals surface area contributed by atoms with Gasteiger partial charge in [-0.15, -0.1) is 0 Å². The zero-order chi connectivity index (χ0) is 10.1. The first kappa shape index (κ1) is 10.5. The third-order valence-electron chi connectivity index (χ3n) is 3.12. The number of carboxylic acid groups (broad SMARTS) is 1. The maximum Gasteiger partial charge on any atom is 0.323 e. The Bertz CT molecular complexity index is 203. The highest BCUT2D eigenvalue weighted by Crippen LogP contribution is 2.29. The number of carboxylic acids is 1. The maximum absolute atomic E-state index is 11.0. The molecule has 2 N–H and O–H groups in total. The zero-order valence-electron chi connectivity index (χ0n) is 8.63. The Hall–Kier alpha value is -0.570. The highest BCUT2D eigenvalue weighted by atomic mass is 16.4. The van der Waals surface area contributed by atoms with Gasteiger partial charge in [0.05, 0.1) is 0 Å². The van der Waals surface area contributed by atoms with E-state index in [1.165, 1.54) is 0 Å². The highest BCUT2D eigenvalue weighted by molar-refractivity contribution is 5.78. The fraction of sp³-hybridized carbons (Fsp3) is 0.900. The quantitative estimate of drug-likeness (QED) is 0.685. The van der Waals surface area contributed by atoms with Crippen molar-refractivity contribution in [2.75, 3.05) is 6.54 Å². The Labute approximate surface area is 79.5 Å². The zero-order valence-corrected chi connectivity index (χ0v) is 8.63. The molecule has 2 atom stereocenters. The van der Waals surface area contributed by atoms with Crippen LogP contribution in [0.3, 0.4) is 0 Å². The van der Waals surface area contributed by atoms with Crippen molar-refractivity contribution in [1.29, 1.82) is 0 Å². The van der Waals surface area contributed by atoms with E-state index in [2.05, 4.69) is 19.2 Å². The molecule has 1 aliphatic rings. The summed E-state index contributed by atoms with van der Waals surface area (Å²) in [5.41, 5.74) is -0.701. The molecule has 1 heterocycles. The molecule has 1 fully saturated rings. The van der Waals surface area contributed by atoms with Gasteiger partial charge in [-0.3, -0.25) is 4.79 Å². The summed E-state index contributed by atoms with van der Waals surface area (Å²) >= 11 is 0. The summed E-state index contributed by atoms with van der Waals surface area (Å²) < 4.78 is 0. The molecule has 1 rings (SSSR count). The van der Waals surface area contributed by atoms with Crippen LogP contribution in [0.25, 0.3) is 0 Å². The lowest BCUT2D eigenvalue weighted by Gasteiger charge is -2.37. The SMILES string of the molecule is CC(C)C1CCNC(C)(C(=O)O)C1. The molecule has 0 aromatic rings. The monoisotopic (exact) mass is 185 g/mol. The molecule has 2 unspecified atom stereocenters. The summed E-state index contributed by atoms with van der Waals surface area (Å²) in [7, 11) is 0. The average molecular weight is 185 g/mol. The molecule has 0 aromatic heterocycles. The van der Waals surface area contributed by atoms with Crippen molar-refractivity contribution in [3.05, 3.63) is 0 Å². The molecule has 3 heteroatoms. The van der Waals surface area contributed by atoms with Crippen molar-refractivity contribution in [2.45, 2.75) is 39.2 Å². The first-order chi connectivity index (χ1) is 5.96. The molecule has 0 amide bonds. The summed E-state index contributed by atoms with van der Waals surface area (Å²) in [5, 5.41) is 12.1. The Kier molecular flexibility index (Phi) is 2.96. The van der Waals surface area contributed by atoms with Crippen molar-refractivity contribution in [2.24, 2.45) is 11.8 Å². The van der Waals surface area contributed by atoms with Gasteiger partial charge in [-0.2, -0.15) is 0 Å². The van der Waals surface area contributed by atoms with Gasteiger partial charge in [0.1, 0.15) is 5.54 Å². The molecule has 1 saturated heterocycles. The summed E-state index contributed by atoms with van der Waals surface area (Å²) in [4.78, 5) is 11.0. The van der Waals surface area contributed by atoms with Gasteiger partial charge in [0.2, 0.25) is 0 Å². The highest BCUT2D eigenvalue weighted by Gasteiger charge is 2.38. The fourth-order valence-corrected chi connectivity index (χ4v) is 1.96. The van der Waals surface area contributed by atoms with Crippen LogP contribution in [0.2, 0.25) is 0 Å². The number of nitrogens with one attached hydrogen (secondary N) is 1. The summed E-state index contributed by atoms with van der Waals surface area (Å²) in [6.45, 7) is 6.94. The number of rotatable bonds is 2. The molecule has 0 spiro atoms. The lowest BCUT2D eigenvalue weighted by atomic mass is 9.78. The second kappa shape index (κ2) is 3.66. The van der Waals surface area contributed by atoms with E-state index in [-0.39, 0.29) is 0 Å². The van der Waals surface area contributed by atoms with Gasteiger partial charge in [-0.1, -0.05) is 13.8 Å². The van der Waals surface area contributed by atoms with Crippen LogP contribution in [0.5, 0.6) is 0 Å². The largest absolute Gasteiger partial charge is 0.480 e. The first-order valence-corrected chi connectivity index (χ1v) is 4.94. The fourth-order valence-electron chi connectivity index (χ4n) is 1.96. The molecule has 0 aliphatic carbocycles. The molecule has 1 aliphatic heterocycles. The lowest BCUT2D eigenvalue weighted by molar-refractivity contribution is -0.146. The normalized spacial score (nSPS) is 34.9. The minimum atomic E-state index is -0.724. The molecule has 76 valence electrons. The van der Waals surface area contributed by atoms with Crippen LogP contribution in [-0.2, 0) is 4.79 Å². The predicted octanol–water partition coefficient (Wildman–Crippen LogP) is 1.49. The Morgan fingerprint density at radius 1 is 1.62 bits per heavy atom. The van der Waals surface area contributed by atoms with Crippen LogP contribution < -0.4 is 5.32 Å². The number of hydrogen-bond acceptors (Lipinski definition) is 2. The number of piperidine rings is 1. The van der Waals surface area contributed by atoms with Crippen LogP contribution >= 0.6 is 0 Å². The molecule has 3 nitrogen and oxygen atoms in total. The Morgan fingerprint density at radius 2 is 2.23 bits per heavy atom. The van der Waals surface area contributed by atoms with Crippen LogP contribution in [0.4, 0.5) is 0 Å². The van der Waals surface area contributed by atoms with E-state index in [4.69, 9.17) is 5.11 Å². The maximum atomic E-state index is 11.0. The smallest absolute Gasteiger partial charge is 0.323 e. The molecular weight excluding hydrogens is 166 g/mol. The number of carbonyl (C=O) groups is 1. The predicted molar refractivity (Wildman–Crippen MR) is 51.6 cm³/mol. The first-order valence-electron chi connectivity index (χ1n) is 4.94. The minimum absolute atomic E-state index is 0.544. The van der Waals surface area contributed by atoms with Gasteiger partial charge >= 0.3 is 5.97 Å². The summed E-state index contributed by atoms with van der Waals surface area (Å²) in [6.07, 6.45) is 1.85. The van der Waals surface area contributed by atoms with Crippen molar-refractivity contribution in [3.8, 4) is 0 Å². The van der Waals surface area contributed by atoms with Crippen molar-refractivity contribution in [1.82, 2.24) is 5.32 Å². The van der Waals surface area contributed by atoms with Crippen LogP contribution in [0, 0.1) is 11.8 Å². The molecular formula is C10H19NO2. The topological polar surface area (TPSA) is 49.3 Å². The second-order valence-electron chi connectivity index (χ2n) is 4.56. The average Bonchev–Trinajstić information content (AvgIpc) is 2.04. The van der Waals surface area contributed by atoms with Gasteiger partial charge in [-0.25, -0.2) is 0 Å².